The Kier molecular flexibility index (Phi) is 6.74. The number of aryl methyl sites for hydroxylation is 1. The average molecular weight is 494 g/mol. The minimum absolute atomic E-state index is 0.0867. The van der Waals surface area contributed by atoms with Gasteiger partial charge in [-0.15, -0.1) is 0 Å². The van der Waals surface area contributed by atoms with Gasteiger partial charge in [0.1, 0.15) is 6.10 Å². The second-order valence-electron chi connectivity index (χ2n) is 9.98. The molecule has 2 aliphatic heterocycles. The number of carbonyl (C=O) groups excluding carboxylic acids is 2. The first-order valence-corrected chi connectivity index (χ1v) is 12.8. The molecule has 3 fully saturated rings. The molecule has 0 radical (unpaired) electrons. The first-order valence-electron chi connectivity index (χ1n) is 12.4. The van der Waals surface area contributed by atoms with Gasteiger partial charge in [0, 0.05) is 42.3 Å². The highest BCUT2D eigenvalue weighted by Crippen LogP contribution is 2.33. The molecule has 2 aromatic rings. The first kappa shape index (κ1) is 23.7. The van der Waals surface area contributed by atoms with Crippen LogP contribution >= 0.6 is 11.6 Å². The molecule has 5 rings (SSSR count). The topological polar surface area (TPSA) is 61.9 Å². The Hall–Kier alpha value is -2.99. The van der Waals surface area contributed by atoms with Crippen LogP contribution in [0, 0.1) is 12.8 Å². The molecule has 6 nitrogen and oxygen atoms in total. The summed E-state index contributed by atoms with van der Waals surface area (Å²) in [7, 11) is 0. The fraction of sp³-hybridized carbons (Fsp3) is 0.429. The summed E-state index contributed by atoms with van der Waals surface area (Å²) in [6.45, 7) is 6.55. The summed E-state index contributed by atoms with van der Waals surface area (Å²) in [5.41, 5.74) is 3.28. The molecule has 184 valence electrons. The number of morpholine rings is 1. The van der Waals surface area contributed by atoms with Gasteiger partial charge in [0.2, 0.25) is 5.91 Å². The third-order valence-electron chi connectivity index (χ3n) is 7.37. The lowest BCUT2D eigenvalue weighted by Gasteiger charge is -2.44. The molecule has 1 saturated carbocycles. The highest BCUT2D eigenvalue weighted by Gasteiger charge is 2.42. The van der Waals surface area contributed by atoms with Crippen LogP contribution in [-0.2, 0) is 14.3 Å². The van der Waals surface area contributed by atoms with Crippen molar-refractivity contribution >= 4 is 35.2 Å². The van der Waals surface area contributed by atoms with Gasteiger partial charge < -0.3 is 19.9 Å². The van der Waals surface area contributed by atoms with Crippen molar-refractivity contribution in [3.8, 4) is 0 Å². The second kappa shape index (κ2) is 9.94. The molecule has 2 amide bonds. The van der Waals surface area contributed by atoms with Crippen LogP contribution in [0.4, 0.5) is 5.69 Å². The predicted octanol–water partition coefficient (Wildman–Crippen LogP) is 4.41. The van der Waals surface area contributed by atoms with Crippen molar-refractivity contribution in [2.75, 3.05) is 24.5 Å². The van der Waals surface area contributed by atoms with Crippen molar-refractivity contribution in [2.45, 2.75) is 51.3 Å². The zero-order valence-electron chi connectivity index (χ0n) is 20.2. The van der Waals surface area contributed by atoms with Gasteiger partial charge in [0.05, 0.1) is 6.04 Å². The smallest absolute Gasteiger partial charge is 0.286 e. The second-order valence-corrected chi connectivity index (χ2v) is 10.4. The lowest BCUT2D eigenvalue weighted by molar-refractivity contribution is -0.142. The molecule has 1 N–H and O–H groups in total. The summed E-state index contributed by atoms with van der Waals surface area (Å²) < 4.78 is 6.08. The lowest BCUT2D eigenvalue weighted by Crippen LogP contribution is -2.58. The Labute approximate surface area is 211 Å². The van der Waals surface area contributed by atoms with Crippen molar-refractivity contribution in [1.82, 2.24) is 10.2 Å². The maximum atomic E-state index is 13.4. The Balaban J connectivity index is 1.19. The molecule has 3 aliphatic rings. The number of hydrogen-bond donors (Lipinski definition) is 1. The molecule has 1 aliphatic carbocycles. The fourth-order valence-corrected chi connectivity index (χ4v) is 5.77. The molecule has 2 heterocycles. The van der Waals surface area contributed by atoms with Crippen molar-refractivity contribution < 1.29 is 14.3 Å². The molecule has 7 heteroatoms. The number of ether oxygens (including phenoxy) is 1. The van der Waals surface area contributed by atoms with Crippen LogP contribution in [0.2, 0.25) is 5.02 Å². The molecule has 0 aromatic heterocycles. The quantitative estimate of drug-likeness (QED) is 0.643. The average Bonchev–Trinajstić information content (AvgIpc) is 2.84. The molecule has 0 spiro atoms. The number of rotatable bonds is 3. The van der Waals surface area contributed by atoms with E-state index in [1.807, 2.05) is 17.0 Å². The Morgan fingerprint density at radius 2 is 1.97 bits per heavy atom. The van der Waals surface area contributed by atoms with E-state index in [1.54, 1.807) is 18.2 Å². The highest BCUT2D eigenvalue weighted by molar-refractivity contribution is 6.30. The van der Waals surface area contributed by atoms with E-state index < -0.39 is 0 Å². The number of piperazine rings is 1. The summed E-state index contributed by atoms with van der Waals surface area (Å²) >= 11 is 6.06. The highest BCUT2D eigenvalue weighted by atomic mass is 35.5. The largest absolute Gasteiger partial charge is 0.483 e. The number of fused-ring (bicyclic) bond motifs is 1. The van der Waals surface area contributed by atoms with E-state index >= 15 is 0 Å². The number of amides is 2. The van der Waals surface area contributed by atoms with Crippen LogP contribution in [0.5, 0.6) is 0 Å². The van der Waals surface area contributed by atoms with E-state index in [9.17, 15) is 9.59 Å². The summed E-state index contributed by atoms with van der Waals surface area (Å²) in [6.07, 6.45) is 3.75. The van der Waals surface area contributed by atoms with E-state index in [-0.39, 0.29) is 35.9 Å². The van der Waals surface area contributed by atoms with Crippen molar-refractivity contribution in [2.24, 2.45) is 5.92 Å². The zero-order chi connectivity index (χ0) is 24.5. The lowest BCUT2D eigenvalue weighted by atomic mass is 9.82. The van der Waals surface area contributed by atoms with Crippen LogP contribution in [-0.4, -0.2) is 54.5 Å². The van der Waals surface area contributed by atoms with Gasteiger partial charge in [-0.3, -0.25) is 9.59 Å². The molecular weight excluding hydrogens is 462 g/mol. The van der Waals surface area contributed by atoms with Gasteiger partial charge >= 0.3 is 0 Å². The van der Waals surface area contributed by atoms with Gasteiger partial charge in [0.15, 0.2) is 5.76 Å². The molecule has 35 heavy (non-hydrogen) atoms. The van der Waals surface area contributed by atoms with E-state index in [0.29, 0.717) is 23.7 Å². The third kappa shape index (κ3) is 5.18. The number of nitrogens with zero attached hydrogens (tertiary/aromatic N) is 2. The third-order valence-corrected chi connectivity index (χ3v) is 7.61. The van der Waals surface area contributed by atoms with Crippen LogP contribution in [0.25, 0.3) is 6.08 Å². The van der Waals surface area contributed by atoms with Crippen LogP contribution in [0.1, 0.15) is 37.3 Å². The summed E-state index contributed by atoms with van der Waals surface area (Å²) in [6, 6.07) is 16.0. The van der Waals surface area contributed by atoms with E-state index in [1.165, 1.54) is 11.3 Å². The first-order chi connectivity index (χ1) is 16.9. The van der Waals surface area contributed by atoms with Gasteiger partial charge in [0.25, 0.3) is 5.91 Å². The minimum Gasteiger partial charge on any atom is -0.483 e. The zero-order valence-corrected chi connectivity index (χ0v) is 21.0. The van der Waals surface area contributed by atoms with Crippen molar-refractivity contribution in [1.29, 1.82) is 0 Å². The maximum Gasteiger partial charge on any atom is 0.286 e. The Bertz CT molecular complexity index is 1150. The maximum absolute atomic E-state index is 13.4. The van der Waals surface area contributed by atoms with E-state index in [0.717, 1.165) is 31.5 Å². The van der Waals surface area contributed by atoms with E-state index in [2.05, 4.69) is 48.3 Å². The number of nitrogens with one attached hydrogen (secondary N) is 1. The summed E-state index contributed by atoms with van der Waals surface area (Å²) in [4.78, 5) is 30.5. The van der Waals surface area contributed by atoms with Crippen LogP contribution in [0.3, 0.4) is 0 Å². The standard InChI is InChI=1S/C28H32ClN3O3/c1-18-5-3-8-23(13-18)32-12-11-31(17-19(32)2)28(34)21-9-10-25-24(16-21)30-27(33)26(35-25)15-20-6-4-7-22(29)14-20/h3-8,13-15,19,21,24-25H,9-12,16-17H2,1-2H3,(H,30,33)/b26-15+. The monoisotopic (exact) mass is 493 g/mol. The molecular formula is C28H32ClN3O3. The Morgan fingerprint density at radius 1 is 1.14 bits per heavy atom. The summed E-state index contributed by atoms with van der Waals surface area (Å²) in [5.74, 6) is 0.184. The van der Waals surface area contributed by atoms with Crippen molar-refractivity contribution in [3.63, 3.8) is 0 Å². The minimum atomic E-state index is -0.236. The van der Waals surface area contributed by atoms with Crippen LogP contribution < -0.4 is 10.2 Å². The van der Waals surface area contributed by atoms with Crippen LogP contribution in [0.15, 0.2) is 54.3 Å². The predicted molar refractivity (Wildman–Crippen MR) is 138 cm³/mol. The molecule has 4 atom stereocenters. The number of anilines is 1. The normalized spacial score (nSPS) is 27.7. The number of carbonyl (C=O) groups is 2. The van der Waals surface area contributed by atoms with Gasteiger partial charge in [-0.1, -0.05) is 35.9 Å². The van der Waals surface area contributed by atoms with E-state index in [4.69, 9.17) is 16.3 Å². The van der Waals surface area contributed by atoms with Gasteiger partial charge in [-0.25, -0.2) is 0 Å². The van der Waals surface area contributed by atoms with Crippen molar-refractivity contribution in [3.05, 3.63) is 70.4 Å². The SMILES string of the molecule is Cc1cccc(N2CCN(C(=O)C3CCC4O/C(=C/c5cccc(Cl)c5)C(=O)NC4C3)CC2C)c1. The number of hydrogen-bond acceptors (Lipinski definition) is 4. The van der Waals surface area contributed by atoms with Gasteiger partial charge in [-0.2, -0.15) is 0 Å². The fourth-order valence-electron chi connectivity index (χ4n) is 5.57. The number of halogens is 1. The summed E-state index contributed by atoms with van der Waals surface area (Å²) in [5, 5.41) is 3.70. The molecule has 0 bridgehead atoms. The molecule has 4 unspecified atom stereocenters. The molecule has 2 saturated heterocycles. The number of benzene rings is 2. The molecule has 2 aromatic carbocycles. The Morgan fingerprint density at radius 3 is 2.74 bits per heavy atom. The van der Waals surface area contributed by atoms with Gasteiger partial charge in [-0.05, 0) is 74.6 Å².